The van der Waals surface area contributed by atoms with E-state index in [0.29, 0.717) is 5.56 Å². The number of hydrogen-bond acceptors (Lipinski definition) is 6. The van der Waals surface area contributed by atoms with Crippen molar-refractivity contribution in [1.29, 1.82) is 0 Å². The molecule has 0 aromatic heterocycles. The highest BCUT2D eigenvalue weighted by Crippen LogP contribution is 2.44. The number of nitrogens with one attached hydrogen (secondary N) is 1. The van der Waals surface area contributed by atoms with Crippen molar-refractivity contribution in [3.63, 3.8) is 0 Å². The van der Waals surface area contributed by atoms with E-state index >= 15 is 0 Å². The third kappa shape index (κ3) is 5.53. The lowest BCUT2D eigenvalue weighted by Crippen LogP contribution is -2.48. The Morgan fingerprint density at radius 3 is 2.06 bits per heavy atom. The molecule has 1 aliphatic rings. The van der Waals surface area contributed by atoms with Gasteiger partial charge in [0.15, 0.2) is 11.8 Å². The number of carbonyl (C=O) groups is 3. The Hall–Kier alpha value is -4.23. The Bertz CT molecular complexity index is 1250. The Kier molecular flexibility index (Phi) is 7.61. The normalized spacial score (nSPS) is 14.2. The molecule has 0 radical (unpaired) electrons. The molecule has 184 valence electrons. The Morgan fingerprint density at radius 1 is 0.917 bits per heavy atom. The molecule has 0 saturated heterocycles. The first-order chi connectivity index (χ1) is 17.3. The van der Waals surface area contributed by atoms with E-state index in [2.05, 4.69) is 5.32 Å². The zero-order valence-electron chi connectivity index (χ0n) is 20.0. The van der Waals surface area contributed by atoms with E-state index in [4.69, 9.17) is 9.47 Å². The van der Waals surface area contributed by atoms with E-state index in [9.17, 15) is 19.5 Å². The smallest absolute Gasteiger partial charge is 0.407 e. The Balaban J connectivity index is 1.38. The molecule has 0 unspecified atom stereocenters. The third-order valence-electron chi connectivity index (χ3n) is 6.01. The number of allylic oxidation sites excluding steroid dienone is 2. The van der Waals surface area contributed by atoms with Crippen molar-refractivity contribution in [3.8, 4) is 11.1 Å². The van der Waals surface area contributed by atoms with E-state index in [1.54, 1.807) is 30.3 Å². The number of fused-ring (bicyclic) bond motifs is 3. The fourth-order valence-electron chi connectivity index (χ4n) is 4.27. The van der Waals surface area contributed by atoms with Crippen LogP contribution in [0.15, 0.2) is 90.7 Å². The first-order valence-corrected chi connectivity index (χ1v) is 11.6. The number of rotatable bonds is 8. The van der Waals surface area contributed by atoms with Crippen LogP contribution in [0.3, 0.4) is 0 Å². The molecule has 7 heteroatoms. The maximum absolute atomic E-state index is 12.6. The number of hydrogen-bond donors (Lipinski definition) is 2. The second-order valence-corrected chi connectivity index (χ2v) is 8.59. The molecule has 0 spiro atoms. The van der Waals surface area contributed by atoms with Gasteiger partial charge in [-0.1, -0.05) is 78.9 Å². The van der Waals surface area contributed by atoms with Crippen LogP contribution < -0.4 is 5.32 Å². The second-order valence-electron chi connectivity index (χ2n) is 8.59. The van der Waals surface area contributed by atoms with Gasteiger partial charge in [0.05, 0.1) is 6.10 Å². The average molecular weight is 486 g/mol. The van der Waals surface area contributed by atoms with E-state index in [-0.39, 0.29) is 24.1 Å². The number of aliphatic hydroxyl groups is 1. The number of ketones is 1. The van der Waals surface area contributed by atoms with Crippen molar-refractivity contribution in [2.45, 2.75) is 31.9 Å². The van der Waals surface area contributed by atoms with E-state index in [1.807, 2.05) is 48.5 Å². The van der Waals surface area contributed by atoms with Crippen molar-refractivity contribution in [1.82, 2.24) is 5.32 Å². The van der Waals surface area contributed by atoms with E-state index in [1.165, 1.54) is 19.9 Å². The minimum atomic E-state index is -1.38. The topological polar surface area (TPSA) is 102 Å². The van der Waals surface area contributed by atoms with Gasteiger partial charge >= 0.3 is 12.1 Å². The van der Waals surface area contributed by atoms with Crippen LogP contribution in [0.1, 0.15) is 41.3 Å². The van der Waals surface area contributed by atoms with Gasteiger partial charge in [0.25, 0.3) is 0 Å². The number of alkyl carbamates (subject to hydrolysis) is 1. The number of amides is 1. The van der Waals surface area contributed by atoms with Crippen molar-refractivity contribution in [3.05, 3.63) is 107 Å². The molecular formula is C29H27NO6. The molecule has 7 nitrogen and oxygen atoms in total. The van der Waals surface area contributed by atoms with E-state index < -0.39 is 24.2 Å². The van der Waals surface area contributed by atoms with Gasteiger partial charge in [-0.2, -0.15) is 0 Å². The largest absolute Gasteiger partial charge is 0.449 e. The summed E-state index contributed by atoms with van der Waals surface area (Å²) in [4.78, 5) is 37.5. The van der Waals surface area contributed by atoms with Crippen molar-refractivity contribution >= 4 is 17.8 Å². The van der Waals surface area contributed by atoms with Crippen LogP contribution in [-0.2, 0) is 14.3 Å². The van der Waals surface area contributed by atoms with Gasteiger partial charge in [-0.25, -0.2) is 9.59 Å². The zero-order valence-corrected chi connectivity index (χ0v) is 20.0. The predicted octanol–water partition coefficient (Wildman–Crippen LogP) is 4.60. The van der Waals surface area contributed by atoms with Gasteiger partial charge in [-0.3, -0.25) is 4.79 Å². The summed E-state index contributed by atoms with van der Waals surface area (Å²) in [5, 5.41) is 12.5. The number of carbonyl (C=O) groups excluding carboxylic acids is 3. The molecule has 0 fully saturated rings. The molecule has 0 aliphatic heterocycles. The van der Waals surface area contributed by atoms with Gasteiger partial charge in [0.2, 0.25) is 0 Å². The highest BCUT2D eigenvalue weighted by atomic mass is 16.6. The minimum Gasteiger partial charge on any atom is -0.449 e. The molecular weight excluding hydrogens is 458 g/mol. The SMILES string of the molecule is C/C(=C\C(=O)c1ccccc1)OC(=O)[C@@H](NC(=O)OCC1c2ccccc2-c2ccccc21)[C@@H](C)O. The summed E-state index contributed by atoms with van der Waals surface area (Å²) >= 11 is 0. The fraction of sp³-hybridized carbons (Fsp3) is 0.207. The average Bonchev–Trinajstić information content (AvgIpc) is 3.20. The van der Waals surface area contributed by atoms with Crippen LogP contribution in [-0.4, -0.2) is 41.7 Å². The molecule has 0 bridgehead atoms. The van der Waals surface area contributed by atoms with Gasteiger partial charge in [0.1, 0.15) is 12.4 Å². The summed E-state index contributed by atoms with van der Waals surface area (Å²) < 4.78 is 10.7. The molecule has 1 amide bonds. The lowest BCUT2D eigenvalue weighted by Gasteiger charge is -2.21. The number of ether oxygens (including phenoxy) is 2. The van der Waals surface area contributed by atoms with Gasteiger partial charge in [-0.05, 0) is 36.1 Å². The summed E-state index contributed by atoms with van der Waals surface area (Å²) in [6.45, 7) is 2.86. The first kappa shape index (κ1) is 24.9. The maximum atomic E-state index is 12.6. The third-order valence-corrected chi connectivity index (χ3v) is 6.01. The molecule has 0 heterocycles. The van der Waals surface area contributed by atoms with Gasteiger partial charge in [0, 0.05) is 17.6 Å². The molecule has 3 aromatic rings. The van der Waals surface area contributed by atoms with Crippen LogP contribution in [0.2, 0.25) is 0 Å². The van der Waals surface area contributed by atoms with Crippen molar-refractivity contribution < 1.29 is 29.0 Å². The van der Waals surface area contributed by atoms with Crippen LogP contribution >= 0.6 is 0 Å². The second kappa shape index (κ2) is 11.0. The molecule has 0 saturated carbocycles. The monoisotopic (exact) mass is 485 g/mol. The summed E-state index contributed by atoms with van der Waals surface area (Å²) in [6.07, 6.45) is -0.933. The standard InChI is InChI=1S/C29H27NO6/c1-18(16-26(32)20-10-4-3-5-11-20)36-28(33)27(19(2)31)30-29(34)35-17-25-23-14-8-6-12-21(23)22-13-7-9-15-24(22)25/h3-16,19,25,27,31H,17H2,1-2H3,(H,30,34)/b18-16+/t19-,27+/m1/s1. The van der Waals surface area contributed by atoms with Crippen LogP contribution in [0.4, 0.5) is 4.79 Å². The molecule has 3 aromatic carbocycles. The fourth-order valence-corrected chi connectivity index (χ4v) is 4.27. The van der Waals surface area contributed by atoms with Crippen molar-refractivity contribution in [2.75, 3.05) is 6.61 Å². The number of benzene rings is 3. The summed E-state index contributed by atoms with van der Waals surface area (Å²) in [7, 11) is 0. The molecule has 4 rings (SSSR count). The van der Waals surface area contributed by atoms with Crippen molar-refractivity contribution in [2.24, 2.45) is 0 Å². The molecule has 36 heavy (non-hydrogen) atoms. The van der Waals surface area contributed by atoms with Gasteiger partial charge < -0.3 is 19.9 Å². The number of aliphatic hydroxyl groups excluding tert-OH is 1. The lowest BCUT2D eigenvalue weighted by atomic mass is 9.98. The first-order valence-electron chi connectivity index (χ1n) is 11.6. The minimum absolute atomic E-state index is 0.0360. The predicted molar refractivity (Wildman–Crippen MR) is 134 cm³/mol. The van der Waals surface area contributed by atoms with Crippen LogP contribution in [0.5, 0.6) is 0 Å². The highest BCUT2D eigenvalue weighted by Gasteiger charge is 2.31. The van der Waals surface area contributed by atoms with Crippen LogP contribution in [0, 0.1) is 0 Å². The maximum Gasteiger partial charge on any atom is 0.407 e. The van der Waals surface area contributed by atoms with Crippen LogP contribution in [0.25, 0.3) is 11.1 Å². The number of esters is 1. The lowest BCUT2D eigenvalue weighted by molar-refractivity contribution is -0.144. The summed E-state index contributed by atoms with van der Waals surface area (Å²) in [5.74, 6) is -1.35. The molecule has 2 atom stereocenters. The summed E-state index contributed by atoms with van der Waals surface area (Å²) in [6, 6.07) is 23.0. The van der Waals surface area contributed by atoms with E-state index in [0.717, 1.165) is 22.3 Å². The summed E-state index contributed by atoms with van der Waals surface area (Å²) in [5.41, 5.74) is 4.75. The Labute approximate surface area is 209 Å². The quantitative estimate of drug-likeness (QED) is 0.209. The highest BCUT2D eigenvalue weighted by molar-refractivity contribution is 6.04. The zero-order chi connectivity index (χ0) is 25.7. The molecule has 2 N–H and O–H groups in total. The Morgan fingerprint density at radius 2 is 1.47 bits per heavy atom. The van der Waals surface area contributed by atoms with Gasteiger partial charge in [-0.15, -0.1) is 0 Å². The molecule has 1 aliphatic carbocycles.